The van der Waals surface area contributed by atoms with Crippen LogP contribution in [0, 0.1) is 0 Å². The molecule has 0 fully saturated rings. The van der Waals surface area contributed by atoms with E-state index in [1.165, 1.54) is 96.3 Å². The number of benzene rings is 1. The summed E-state index contributed by atoms with van der Waals surface area (Å²) in [6, 6.07) is 7.07. The average Bonchev–Trinajstić information content (AvgIpc) is 2.77. The molecule has 0 atom stereocenters. The van der Waals surface area contributed by atoms with E-state index >= 15 is 0 Å². The molecule has 0 bridgehead atoms. The maximum absolute atomic E-state index is 9.67. The highest BCUT2D eigenvalue weighted by Gasteiger charge is 1.97. The van der Waals surface area contributed by atoms with Crippen molar-refractivity contribution in [2.45, 2.75) is 110 Å². The van der Waals surface area contributed by atoms with Crippen molar-refractivity contribution in [3.8, 4) is 5.75 Å². The largest absolute Gasteiger partial charge is 0.507 e. The minimum Gasteiger partial charge on any atom is -0.507 e. The van der Waals surface area contributed by atoms with Crippen LogP contribution in [0.4, 0.5) is 0 Å². The van der Waals surface area contributed by atoms with Crippen LogP contribution in [0.1, 0.15) is 115 Å². The summed E-state index contributed by atoms with van der Waals surface area (Å²) in [4.78, 5) is 0. The van der Waals surface area contributed by atoms with Crippen molar-refractivity contribution in [2.75, 3.05) is 6.54 Å². The second kappa shape index (κ2) is 20.3. The van der Waals surface area contributed by atoms with Gasteiger partial charge in [-0.2, -0.15) is 5.10 Å². The number of hydrazone groups is 1. The Labute approximate surface area is 196 Å². The third kappa shape index (κ3) is 16.7. The molecular weight excluding hydrogens is 402 g/mol. The van der Waals surface area contributed by atoms with E-state index in [1.807, 2.05) is 6.07 Å². The highest BCUT2D eigenvalue weighted by molar-refractivity contribution is 7.80. The molecule has 0 amide bonds. The van der Waals surface area contributed by atoms with Gasteiger partial charge in [-0.05, 0) is 30.8 Å². The van der Waals surface area contributed by atoms with Gasteiger partial charge in [-0.25, -0.2) is 0 Å². The second-order valence-corrected chi connectivity index (χ2v) is 8.90. The summed E-state index contributed by atoms with van der Waals surface area (Å²) in [7, 11) is 0. The van der Waals surface area contributed by atoms with Gasteiger partial charge in [0.15, 0.2) is 5.11 Å². The Morgan fingerprint density at radius 3 is 1.81 bits per heavy atom. The maximum atomic E-state index is 9.67. The molecule has 3 N–H and O–H groups in total. The number of para-hydroxylation sites is 1. The molecule has 0 saturated carbocycles. The Balaban J connectivity index is 1.81. The van der Waals surface area contributed by atoms with Crippen LogP contribution in [0.15, 0.2) is 29.4 Å². The monoisotopic (exact) mass is 447 g/mol. The zero-order valence-corrected chi connectivity index (χ0v) is 20.5. The summed E-state index contributed by atoms with van der Waals surface area (Å²) in [6.07, 6.45) is 23.6. The number of hydrogen-bond donors (Lipinski definition) is 3. The fraction of sp³-hybridized carbons (Fsp3) is 0.692. The number of nitrogens with one attached hydrogen (secondary N) is 2. The molecule has 176 valence electrons. The van der Waals surface area contributed by atoms with Crippen molar-refractivity contribution in [1.82, 2.24) is 10.7 Å². The van der Waals surface area contributed by atoms with E-state index in [0.717, 1.165) is 13.0 Å². The van der Waals surface area contributed by atoms with Gasteiger partial charge in [0.2, 0.25) is 0 Å². The Morgan fingerprint density at radius 2 is 1.29 bits per heavy atom. The van der Waals surface area contributed by atoms with Crippen molar-refractivity contribution in [2.24, 2.45) is 5.10 Å². The third-order valence-electron chi connectivity index (χ3n) is 5.62. The van der Waals surface area contributed by atoms with Crippen molar-refractivity contribution < 1.29 is 5.11 Å². The summed E-state index contributed by atoms with van der Waals surface area (Å²) >= 11 is 5.21. The molecule has 0 aliphatic heterocycles. The predicted octanol–water partition coefficient (Wildman–Crippen LogP) is 7.45. The van der Waals surface area contributed by atoms with Crippen molar-refractivity contribution >= 4 is 23.5 Å². The molecule has 0 aromatic heterocycles. The van der Waals surface area contributed by atoms with E-state index in [9.17, 15) is 5.11 Å². The summed E-state index contributed by atoms with van der Waals surface area (Å²) in [5.74, 6) is 0.208. The normalized spacial score (nSPS) is 11.1. The SMILES string of the molecule is CCCCCCCCCCCCCCCCCCNC(=S)N/N=C\c1ccccc1O. The standard InChI is InChI=1S/C26H45N3OS/c1-2-3-4-5-6-7-8-9-10-11-12-13-14-15-16-19-22-27-26(31)29-28-23-24-20-17-18-21-25(24)30/h17-18,20-21,23,30H,2-16,19,22H2,1H3,(H2,27,29,31)/b28-23-. The van der Waals surface area contributed by atoms with Gasteiger partial charge in [0.25, 0.3) is 0 Å². The summed E-state index contributed by atoms with van der Waals surface area (Å²) in [5, 5.41) is 17.4. The molecule has 0 heterocycles. The van der Waals surface area contributed by atoms with Gasteiger partial charge in [-0.15, -0.1) is 0 Å². The number of unbranched alkanes of at least 4 members (excludes halogenated alkanes) is 15. The minimum absolute atomic E-state index is 0.208. The fourth-order valence-corrected chi connectivity index (χ4v) is 3.83. The van der Waals surface area contributed by atoms with Crippen molar-refractivity contribution in [3.05, 3.63) is 29.8 Å². The Kier molecular flexibility index (Phi) is 17.9. The van der Waals surface area contributed by atoms with Crippen LogP contribution in [0.25, 0.3) is 0 Å². The summed E-state index contributed by atoms with van der Waals surface area (Å²) < 4.78 is 0. The van der Waals surface area contributed by atoms with E-state index < -0.39 is 0 Å². The average molecular weight is 448 g/mol. The van der Waals surface area contributed by atoms with Crippen molar-refractivity contribution in [3.63, 3.8) is 0 Å². The molecule has 4 nitrogen and oxygen atoms in total. The first-order chi connectivity index (χ1) is 15.2. The van der Waals surface area contributed by atoms with E-state index in [2.05, 4.69) is 22.8 Å². The lowest BCUT2D eigenvalue weighted by Gasteiger charge is -2.07. The molecular formula is C26H45N3OS. The number of thiocarbonyl (C=S) groups is 1. The van der Waals surface area contributed by atoms with Crippen LogP contribution >= 0.6 is 12.2 Å². The van der Waals surface area contributed by atoms with Gasteiger partial charge >= 0.3 is 0 Å². The molecule has 0 aliphatic rings. The minimum atomic E-state index is 0.208. The van der Waals surface area contributed by atoms with E-state index in [-0.39, 0.29) is 5.75 Å². The lowest BCUT2D eigenvalue weighted by atomic mass is 10.0. The smallest absolute Gasteiger partial charge is 0.186 e. The first kappa shape index (κ1) is 27.4. The maximum Gasteiger partial charge on any atom is 0.186 e. The molecule has 0 radical (unpaired) electrons. The zero-order valence-electron chi connectivity index (χ0n) is 19.7. The van der Waals surface area contributed by atoms with Gasteiger partial charge < -0.3 is 10.4 Å². The molecule has 0 aliphatic carbocycles. The number of rotatable bonds is 19. The topological polar surface area (TPSA) is 56.7 Å². The summed E-state index contributed by atoms with van der Waals surface area (Å²) in [5.41, 5.74) is 3.45. The van der Waals surface area contributed by atoms with E-state index in [4.69, 9.17) is 12.2 Å². The highest BCUT2D eigenvalue weighted by Crippen LogP contribution is 2.14. The molecule has 31 heavy (non-hydrogen) atoms. The molecule has 0 unspecified atom stereocenters. The van der Waals surface area contributed by atoms with Gasteiger partial charge in [0, 0.05) is 12.1 Å². The first-order valence-corrected chi connectivity index (χ1v) is 13.0. The van der Waals surface area contributed by atoms with Gasteiger partial charge in [-0.1, -0.05) is 115 Å². The number of aromatic hydroxyl groups is 1. The lowest BCUT2D eigenvalue weighted by molar-refractivity contribution is 0.474. The number of nitrogens with zero attached hydrogens (tertiary/aromatic N) is 1. The Hall–Kier alpha value is -1.62. The van der Waals surface area contributed by atoms with Gasteiger partial charge in [-0.3, -0.25) is 5.43 Å². The first-order valence-electron chi connectivity index (χ1n) is 12.6. The number of hydrogen-bond acceptors (Lipinski definition) is 3. The van der Waals surface area contributed by atoms with Gasteiger partial charge in [0.1, 0.15) is 5.75 Å². The van der Waals surface area contributed by atoms with Crippen LogP contribution in [-0.2, 0) is 0 Å². The predicted molar refractivity (Wildman–Crippen MR) is 139 cm³/mol. The number of phenols is 1. The molecule has 0 saturated heterocycles. The molecule has 1 aromatic carbocycles. The van der Waals surface area contributed by atoms with Crippen LogP contribution in [0.5, 0.6) is 5.75 Å². The molecule has 1 aromatic rings. The third-order valence-corrected chi connectivity index (χ3v) is 5.86. The molecule has 0 spiro atoms. The van der Waals surface area contributed by atoms with Crippen LogP contribution in [0.3, 0.4) is 0 Å². The highest BCUT2D eigenvalue weighted by atomic mass is 32.1. The van der Waals surface area contributed by atoms with Crippen LogP contribution < -0.4 is 10.7 Å². The van der Waals surface area contributed by atoms with Crippen LogP contribution in [0.2, 0.25) is 0 Å². The molecule has 1 rings (SSSR count). The summed E-state index contributed by atoms with van der Waals surface area (Å²) in [6.45, 7) is 3.15. The fourth-order valence-electron chi connectivity index (χ4n) is 3.67. The van der Waals surface area contributed by atoms with E-state index in [1.54, 1.807) is 24.4 Å². The Morgan fingerprint density at radius 1 is 0.806 bits per heavy atom. The molecule has 5 heteroatoms. The lowest BCUT2D eigenvalue weighted by Crippen LogP contribution is -2.32. The van der Waals surface area contributed by atoms with Crippen molar-refractivity contribution in [1.29, 1.82) is 0 Å². The van der Waals surface area contributed by atoms with Crippen LogP contribution in [-0.4, -0.2) is 23.0 Å². The number of phenolic OH excluding ortho intramolecular Hbond substituents is 1. The van der Waals surface area contributed by atoms with E-state index in [0.29, 0.717) is 10.7 Å². The second-order valence-electron chi connectivity index (χ2n) is 8.49. The van der Waals surface area contributed by atoms with Gasteiger partial charge in [0.05, 0.1) is 6.21 Å². The zero-order chi connectivity index (χ0) is 22.4. The quantitative estimate of drug-likeness (QED) is 0.0892. The Bertz CT molecular complexity index is 592.